The highest BCUT2D eigenvalue weighted by Gasteiger charge is 2.13. The Balaban J connectivity index is 2.03. The van der Waals surface area contributed by atoms with Gasteiger partial charge in [0, 0.05) is 16.4 Å². The molecule has 0 unspecified atom stereocenters. The van der Waals surface area contributed by atoms with Crippen LogP contribution in [0.25, 0.3) is 0 Å². The number of esters is 1. The van der Waals surface area contributed by atoms with E-state index in [9.17, 15) is 9.18 Å². The molecule has 1 heterocycles. The molecule has 2 rings (SSSR count). The molecular formula is C13H10BrFN2O2. The molecule has 2 N–H and O–H groups in total. The Hall–Kier alpha value is -1.95. The molecular weight excluding hydrogens is 315 g/mol. The van der Waals surface area contributed by atoms with Crippen molar-refractivity contribution >= 4 is 27.6 Å². The van der Waals surface area contributed by atoms with E-state index in [1.807, 2.05) is 0 Å². The lowest BCUT2D eigenvalue weighted by atomic mass is 10.2. The lowest BCUT2D eigenvalue weighted by Crippen LogP contribution is -2.08. The minimum absolute atomic E-state index is 0.0179. The molecule has 0 fully saturated rings. The summed E-state index contributed by atoms with van der Waals surface area (Å²) in [5.41, 5.74) is 6.08. The molecule has 2 aromatic rings. The third kappa shape index (κ3) is 3.51. The first-order chi connectivity index (χ1) is 9.06. The summed E-state index contributed by atoms with van der Waals surface area (Å²) in [6.07, 6.45) is 1.59. The van der Waals surface area contributed by atoms with E-state index in [1.165, 1.54) is 12.1 Å². The fraction of sp³-hybridized carbons (Fsp3) is 0.0769. The zero-order valence-electron chi connectivity index (χ0n) is 9.77. The Bertz CT molecular complexity index is 602. The molecule has 0 aliphatic heterocycles. The maximum atomic E-state index is 13.5. The lowest BCUT2D eigenvalue weighted by molar-refractivity contribution is 0.0462. The van der Waals surface area contributed by atoms with Crippen molar-refractivity contribution in [2.75, 3.05) is 5.73 Å². The van der Waals surface area contributed by atoms with Gasteiger partial charge in [0.15, 0.2) is 0 Å². The van der Waals surface area contributed by atoms with Crippen LogP contribution in [-0.2, 0) is 11.3 Å². The van der Waals surface area contributed by atoms with Gasteiger partial charge in [-0.05, 0) is 46.3 Å². The first-order valence-corrected chi connectivity index (χ1v) is 6.18. The summed E-state index contributed by atoms with van der Waals surface area (Å²) in [4.78, 5) is 15.7. The van der Waals surface area contributed by atoms with Crippen LogP contribution in [0, 0.1) is 5.82 Å². The molecule has 0 aliphatic rings. The number of hydrogen-bond donors (Lipinski definition) is 1. The highest BCUT2D eigenvalue weighted by Crippen LogP contribution is 2.14. The van der Waals surface area contributed by atoms with Gasteiger partial charge in [0.25, 0.3) is 0 Å². The fourth-order valence-electron chi connectivity index (χ4n) is 1.41. The highest BCUT2D eigenvalue weighted by molar-refractivity contribution is 9.10. The van der Waals surface area contributed by atoms with Gasteiger partial charge < -0.3 is 10.5 Å². The fourth-order valence-corrected chi connectivity index (χ4v) is 1.64. The highest BCUT2D eigenvalue weighted by atomic mass is 79.9. The van der Waals surface area contributed by atoms with E-state index in [0.717, 1.165) is 10.5 Å². The van der Waals surface area contributed by atoms with Gasteiger partial charge >= 0.3 is 5.97 Å². The number of nitrogens with two attached hydrogens (primary N) is 1. The molecule has 98 valence electrons. The van der Waals surface area contributed by atoms with Gasteiger partial charge in [0.2, 0.25) is 0 Å². The van der Waals surface area contributed by atoms with Gasteiger partial charge in [0.1, 0.15) is 12.4 Å². The molecule has 0 amide bonds. The SMILES string of the molecule is Nc1ccc(C(=O)OCc2ccc(Br)cn2)c(F)c1. The minimum Gasteiger partial charge on any atom is -0.456 e. The topological polar surface area (TPSA) is 65.2 Å². The molecule has 1 aromatic carbocycles. The van der Waals surface area contributed by atoms with Crippen LogP contribution in [0.5, 0.6) is 0 Å². The number of rotatable bonds is 3. The van der Waals surface area contributed by atoms with Gasteiger partial charge in [-0.15, -0.1) is 0 Å². The number of halogens is 2. The number of anilines is 1. The zero-order chi connectivity index (χ0) is 13.8. The van der Waals surface area contributed by atoms with Gasteiger partial charge in [-0.3, -0.25) is 4.98 Å². The van der Waals surface area contributed by atoms with Gasteiger partial charge in [-0.1, -0.05) is 0 Å². The predicted molar refractivity (Wildman–Crippen MR) is 71.9 cm³/mol. The number of benzene rings is 1. The maximum absolute atomic E-state index is 13.5. The summed E-state index contributed by atoms with van der Waals surface area (Å²) in [7, 11) is 0. The monoisotopic (exact) mass is 324 g/mol. The van der Waals surface area contributed by atoms with Crippen LogP contribution >= 0.6 is 15.9 Å². The molecule has 0 bridgehead atoms. The number of nitrogens with zero attached hydrogens (tertiary/aromatic N) is 1. The Kier molecular flexibility index (Phi) is 4.11. The van der Waals surface area contributed by atoms with Gasteiger partial charge in [-0.25, -0.2) is 9.18 Å². The first kappa shape index (κ1) is 13.5. The van der Waals surface area contributed by atoms with Crippen molar-refractivity contribution in [2.45, 2.75) is 6.61 Å². The number of hydrogen-bond acceptors (Lipinski definition) is 4. The van der Waals surface area contributed by atoms with Crippen molar-refractivity contribution in [1.29, 1.82) is 0 Å². The summed E-state index contributed by atoms with van der Waals surface area (Å²) in [5.74, 6) is -1.45. The van der Waals surface area contributed by atoms with Crippen LogP contribution < -0.4 is 5.73 Å². The molecule has 1 aromatic heterocycles. The van der Waals surface area contributed by atoms with E-state index in [4.69, 9.17) is 10.5 Å². The standard InChI is InChI=1S/C13H10BrFN2O2/c14-8-1-3-10(17-6-8)7-19-13(18)11-4-2-9(16)5-12(11)15/h1-6H,7,16H2. The Morgan fingerprint density at radius 1 is 1.37 bits per heavy atom. The van der Waals surface area contributed by atoms with Gasteiger partial charge in [-0.2, -0.15) is 0 Å². The third-order valence-corrected chi connectivity index (χ3v) is 2.82. The molecule has 0 spiro atoms. The molecule has 0 atom stereocenters. The van der Waals surface area contributed by atoms with Crippen molar-refractivity contribution in [1.82, 2.24) is 4.98 Å². The number of nitrogen functional groups attached to an aromatic ring is 1. The van der Waals surface area contributed by atoms with Crippen LogP contribution in [0.15, 0.2) is 41.0 Å². The average Bonchev–Trinajstić information content (AvgIpc) is 2.37. The number of aromatic nitrogens is 1. The smallest absolute Gasteiger partial charge is 0.341 e. The van der Waals surface area contributed by atoms with Crippen LogP contribution in [0.4, 0.5) is 10.1 Å². The summed E-state index contributed by atoms with van der Waals surface area (Å²) >= 11 is 3.25. The van der Waals surface area contributed by atoms with Crippen molar-refractivity contribution in [3.8, 4) is 0 Å². The molecule has 19 heavy (non-hydrogen) atoms. The van der Waals surface area contributed by atoms with E-state index in [0.29, 0.717) is 5.69 Å². The maximum Gasteiger partial charge on any atom is 0.341 e. The van der Waals surface area contributed by atoms with E-state index < -0.39 is 11.8 Å². The Morgan fingerprint density at radius 2 is 2.16 bits per heavy atom. The Morgan fingerprint density at radius 3 is 2.79 bits per heavy atom. The summed E-state index contributed by atoms with van der Waals surface area (Å²) in [6.45, 7) is -0.0179. The minimum atomic E-state index is -0.748. The van der Waals surface area contributed by atoms with Crippen molar-refractivity contribution in [3.63, 3.8) is 0 Å². The van der Waals surface area contributed by atoms with Crippen LogP contribution in [0.2, 0.25) is 0 Å². The van der Waals surface area contributed by atoms with Crippen molar-refractivity contribution in [2.24, 2.45) is 0 Å². The predicted octanol–water partition coefficient (Wildman–Crippen LogP) is 2.92. The van der Waals surface area contributed by atoms with E-state index in [2.05, 4.69) is 20.9 Å². The van der Waals surface area contributed by atoms with Crippen molar-refractivity contribution < 1.29 is 13.9 Å². The lowest BCUT2D eigenvalue weighted by Gasteiger charge is -2.06. The zero-order valence-corrected chi connectivity index (χ0v) is 11.4. The largest absolute Gasteiger partial charge is 0.456 e. The number of carbonyl (C=O) groups excluding carboxylic acids is 1. The normalized spacial score (nSPS) is 10.2. The van der Waals surface area contributed by atoms with E-state index >= 15 is 0 Å². The van der Waals surface area contributed by atoms with E-state index in [1.54, 1.807) is 18.3 Å². The first-order valence-electron chi connectivity index (χ1n) is 5.39. The van der Waals surface area contributed by atoms with Crippen LogP contribution in [0.1, 0.15) is 16.1 Å². The molecule has 0 saturated heterocycles. The summed E-state index contributed by atoms with van der Waals surface area (Å²) in [5, 5.41) is 0. The van der Waals surface area contributed by atoms with Crippen molar-refractivity contribution in [3.05, 3.63) is 58.1 Å². The van der Waals surface area contributed by atoms with Gasteiger partial charge in [0.05, 0.1) is 11.3 Å². The van der Waals surface area contributed by atoms with Crippen LogP contribution in [0.3, 0.4) is 0 Å². The summed E-state index contributed by atoms with van der Waals surface area (Å²) < 4.78 is 19.3. The number of carbonyl (C=O) groups is 1. The average molecular weight is 325 g/mol. The molecule has 0 saturated carbocycles. The second kappa shape index (κ2) is 5.79. The molecule has 6 heteroatoms. The number of ether oxygens (including phenoxy) is 1. The summed E-state index contributed by atoms with van der Waals surface area (Å²) in [6, 6.07) is 7.30. The molecule has 0 radical (unpaired) electrons. The Labute approximate surface area is 117 Å². The molecule has 0 aliphatic carbocycles. The second-order valence-corrected chi connectivity index (χ2v) is 4.70. The number of pyridine rings is 1. The van der Waals surface area contributed by atoms with Crippen LogP contribution in [-0.4, -0.2) is 11.0 Å². The van der Waals surface area contributed by atoms with E-state index in [-0.39, 0.29) is 17.9 Å². The second-order valence-electron chi connectivity index (χ2n) is 3.78. The quantitative estimate of drug-likeness (QED) is 0.696. The molecule has 4 nitrogen and oxygen atoms in total. The third-order valence-electron chi connectivity index (χ3n) is 2.35.